The number of benzene rings is 2. The van der Waals surface area contributed by atoms with E-state index in [1.807, 2.05) is 36.5 Å². The Morgan fingerprint density at radius 3 is 2.75 bits per heavy atom. The summed E-state index contributed by atoms with van der Waals surface area (Å²) in [5.74, 6) is 0. The maximum atomic E-state index is 10.3. The number of H-pyrrole nitrogens is 1. The number of hydrogen-bond donors (Lipinski definition) is 3. The van der Waals surface area contributed by atoms with Crippen LogP contribution in [0.15, 0.2) is 48.7 Å². The normalized spacial score (nSPS) is 14.0. The minimum Gasteiger partial charge on any atom is -0.387 e. The van der Waals surface area contributed by atoms with Gasteiger partial charge in [0, 0.05) is 34.7 Å². The third-order valence-corrected chi connectivity index (χ3v) is 4.71. The number of rotatable bonds is 6. The van der Waals surface area contributed by atoms with Gasteiger partial charge in [-0.3, -0.25) is 0 Å². The summed E-state index contributed by atoms with van der Waals surface area (Å²) >= 11 is 12.3. The molecule has 2 atom stereocenters. The molecule has 0 fully saturated rings. The Labute approximate surface area is 151 Å². The molecule has 0 aliphatic carbocycles. The summed E-state index contributed by atoms with van der Waals surface area (Å²) in [6.45, 7) is 2.57. The van der Waals surface area contributed by atoms with Gasteiger partial charge < -0.3 is 15.4 Å². The van der Waals surface area contributed by atoms with Crippen molar-refractivity contribution in [2.75, 3.05) is 6.54 Å². The highest BCUT2D eigenvalue weighted by Gasteiger charge is 2.13. The van der Waals surface area contributed by atoms with Crippen LogP contribution in [0.5, 0.6) is 0 Å². The third kappa shape index (κ3) is 3.93. The molecular weight excluding hydrogens is 343 g/mol. The minimum absolute atomic E-state index is 0.203. The van der Waals surface area contributed by atoms with Crippen molar-refractivity contribution in [3.63, 3.8) is 0 Å². The van der Waals surface area contributed by atoms with Crippen molar-refractivity contribution in [3.05, 3.63) is 69.8 Å². The van der Waals surface area contributed by atoms with Gasteiger partial charge in [0.25, 0.3) is 0 Å². The molecule has 0 bridgehead atoms. The molecule has 0 amide bonds. The van der Waals surface area contributed by atoms with E-state index in [9.17, 15) is 5.11 Å². The number of nitrogens with one attached hydrogen (secondary N) is 2. The molecule has 2 unspecified atom stereocenters. The lowest BCUT2D eigenvalue weighted by molar-refractivity contribution is 0.170. The quantitative estimate of drug-likeness (QED) is 0.593. The fourth-order valence-corrected chi connectivity index (χ4v) is 3.41. The van der Waals surface area contributed by atoms with Crippen LogP contribution in [0.25, 0.3) is 10.9 Å². The maximum Gasteiger partial charge on any atom is 0.0914 e. The lowest BCUT2D eigenvalue weighted by Gasteiger charge is -2.17. The lowest BCUT2D eigenvalue weighted by Crippen LogP contribution is -2.32. The Morgan fingerprint density at radius 2 is 1.96 bits per heavy atom. The van der Waals surface area contributed by atoms with E-state index in [1.165, 1.54) is 5.56 Å². The molecule has 126 valence electrons. The predicted octanol–water partition coefficient (Wildman–Crippen LogP) is 4.73. The van der Waals surface area contributed by atoms with E-state index in [1.54, 1.807) is 12.1 Å². The molecule has 0 radical (unpaired) electrons. The van der Waals surface area contributed by atoms with Crippen LogP contribution < -0.4 is 5.32 Å². The Bertz CT molecular complexity index is 831. The minimum atomic E-state index is -0.585. The van der Waals surface area contributed by atoms with Gasteiger partial charge in [-0.05, 0) is 48.7 Å². The molecule has 0 aliphatic rings. The van der Waals surface area contributed by atoms with Crippen molar-refractivity contribution < 1.29 is 5.11 Å². The molecule has 1 heterocycles. The molecule has 0 spiro atoms. The summed E-state index contributed by atoms with van der Waals surface area (Å²) in [5, 5.41) is 16.1. The third-order valence-electron chi connectivity index (χ3n) is 4.16. The van der Waals surface area contributed by atoms with Crippen LogP contribution in [0.3, 0.4) is 0 Å². The summed E-state index contributed by atoms with van der Waals surface area (Å²) in [5.41, 5.74) is 3.04. The molecule has 3 rings (SSSR count). The van der Waals surface area contributed by atoms with E-state index >= 15 is 0 Å². The van der Waals surface area contributed by atoms with Crippen molar-refractivity contribution >= 4 is 34.1 Å². The smallest absolute Gasteiger partial charge is 0.0914 e. The monoisotopic (exact) mass is 362 g/mol. The summed E-state index contributed by atoms with van der Waals surface area (Å²) in [6.07, 6.45) is 2.24. The van der Waals surface area contributed by atoms with Crippen molar-refractivity contribution in [2.24, 2.45) is 0 Å². The highest BCUT2D eigenvalue weighted by Crippen LogP contribution is 2.27. The van der Waals surface area contributed by atoms with Crippen molar-refractivity contribution in [1.82, 2.24) is 10.3 Å². The van der Waals surface area contributed by atoms with Gasteiger partial charge in [-0.15, -0.1) is 0 Å². The van der Waals surface area contributed by atoms with Crippen molar-refractivity contribution in [1.29, 1.82) is 0 Å². The average molecular weight is 363 g/mol. The zero-order chi connectivity index (χ0) is 17.1. The van der Waals surface area contributed by atoms with Gasteiger partial charge >= 0.3 is 0 Å². The van der Waals surface area contributed by atoms with E-state index in [4.69, 9.17) is 23.2 Å². The van der Waals surface area contributed by atoms with Gasteiger partial charge in [-0.1, -0.05) is 41.4 Å². The molecular formula is C19H20Cl2N2O. The second-order valence-corrected chi connectivity index (χ2v) is 6.90. The summed E-state index contributed by atoms with van der Waals surface area (Å²) < 4.78 is 0. The molecule has 0 saturated carbocycles. The number of aromatic amines is 1. The predicted molar refractivity (Wildman–Crippen MR) is 101 cm³/mol. The topological polar surface area (TPSA) is 48.0 Å². The first-order chi connectivity index (χ1) is 11.5. The summed E-state index contributed by atoms with van der Waals surface area (Å²) in [4.78, 5) is 3.26. The highest BCUT2D eigenvalue weighted by molar-refractivity contribution is 6.35. The van der Waals surface area contributed by atoms with Crippen LogP contribution in [0, 0.1) is 0 Å². The fourth-order valence-electron chi connectivity index (χ4n) is 2.92. The molecule has 3 aromatic rings. The van der Waals surface area contributed by atoms with Crippen LogP contribution in [0.1, 0.15) is 24.2 Å². The van der Waals surface area contributed by atoms with Crippen LogP contribution in [0.2, 0.25) is 10.0 Å². The van der Waals surface area contributed by atoms with E-state index in [0.29, 0.717) is 11.6 Å². The average Bonchev–Trinajstić information content (AvgIpc) is 2.97. The Morgan fingerprint density at radius 1 is 1.17 bits per heavy atom. The van der Waals surface area contributed by atoms with Crippen LogP contribution in [0.4, 0.5) is 0 Å². The van der Waals surface area contributed by atoms with E-state index in [-0.39, 0.29) is 6.04 Å². The molecule has 1 aromatic heterocycles. The van der Waals surface area contributed by atoms with Crippen molar-refractivity contribution in [2.45, 2.75) is 25.5 Å². The zero-order valence-electron chi connectivity index (χ0n) is 13.4. The molecule has 0 saturated heterocycles. The second-order valence-electron chi connectivity index (χ2n) is 6.06. The second kappa shape index (κ2) is 7.58. The number of fused-ring (bicyclic) bond motifs is 1. The van der Waals surface area contributed by atoms with E-state index in [0.717, 1.165) is 27.9 Å². The molecule has 5 heteroatoms. The first kappa shape index (κ1) is 17.3. The summed E-state index contributed by atoms with van der Waals surface area (Å²) in [7, 11) is 0. The van der Waals surface area contributed by atoms with Gasteiger partial charge in [0.15, 0.2) is 0 Å². The van der Waals surface area contributed by atoms with E-state index < -0.39 is 6.10 Å². The molecule has 2 aromatic carbocycles. The van der Waals surface area contributed by atoms with Gasteiger partial charge in [0.1, 0.15) is 0 Å². The van der Waals surface area contributed by atoms with E-state index in [2.05, 4.69) is 17.2 Å². The van der Waals surface area contributed by atoms with Crippen LogP contribution in [-0.4, -0.2) is 22.7 Å². The lowest BCUT2D eigenvalue weighted by atomic mass is 10.1. The number of aliphatic hydroxyl groups excluding tert-OH is 1. The fraction of sp³-hybridized carbons (Fsp3) is 0.263. The molecule has 24 heavy (non-hydrogen) atoms. The molecule has 3 nitrogen and oxygen atoms in total. The van der Waals surface area contributed by atoms with Crippen LogP contribution >= 0.6 is 23.2 Å². The number of halogens is 2. The highest BCUT2D eigenvalue weighted by atomic mass is 35.5. The Kier molecular flexibility index (Phi) is 5.47. The zero-order valence-corrected chi connectivity index (χ0v) is 14.9. The largest absolute Gasteiger partial charge is 0.387 e. The Balaban J connectivity index is 1.62. The van der Waals surface area contributed by atoms with Crippen molar-refractivity contribution in [3.8, 4) is 0 Å². The SMILES string of the molecule is CC(Cc1c[nH]c2cccc(Cl)c12)NCC(O)c1cccc(Cl)c1. The van der Waals surface area contributed by atoms with Crippen LogP contribution in [-0.2, 0) is 6.42 Å². The number of hydrogen-bond acceptors (Lipinski definition) is 2. The first-order valence-corrected chi connectivity index (χ1v) is 8.71. The molecule has 3 N–H and O–H groups in total. The Hall–Kier alpha value is -1.52. The maximum absolute atomic E-state index is 10.3. The standard InChI is InChI=1S/C19H20Cl2N2O/c1-12(22-11-18(24)13-4-2-5-15(20)9-13)8-14-10-23-17-7-3-6-16(21)19(14)17/h2-7,9-10,12,18,22-24H,8,11H2,1H3. The van der Waals surface area contributed by atoms with Gasteiger partial charge in [0.2, 0.25) is 0 Å². The number of aromatic nitrogens is 1. The number of aliphatic hydroxyl groups is 1. The first-order valence-electron chi connectivity index (χ1n) is 7.96. The van der Waals surface area contributed by atoms with Gasteiger partial charge in [0.05, 0.1) is 11.1 Å². The summed E-state index contributed by atoms with van der Waals surface area (Å²) in [6, 6.07) is 13.4. The van der Waals surface area contributed by atoms with Gasteiger partial charge in [-0.2, -0.15) is 0 Å². The van der Waals surface area contributed by atoms with Gasteiger partial charge in [-0.25, -0.2) is 0 Å². The molecule has 0 aliphatic heterocycles.